The van der Waals surface area contributed by atoms with E-state index >= 15 is 0 Å². The molecule has 1 aromatic heterocycles. The molecule has 0 aliphatic carbocycles. The first-order valence-electron chi connectivity index (χ1n) is 6.54. The maximum Gasteiger partial charge on any atom is 0.222 e. The number of unbranched alkanes of at least 4 members (excludes halogenated alkanes) is 1. The lowest BCUT2D eigenvalue weighted by Crippen LogP contribution is -2.05. The zero-order valence-electron chi connectivity index (χ0n) is 11.3. The molecule has 0 bridgehead atoms. The molecular weight excluding hydrogens is 276 g/mol. The van der Waals surface area contributed by atoms with Gasteiger partial charge in [0.15, 0.2) is 5.82 Å². The Hall–Kier alpha value is -1.72. The second-order valence-corrected chi connectivity index (χ2v) is 4.89. The third-order valence-corrected chi connectivity index (χ3v) is 3.25. The van der Waals surface area contributed by atoms with Crippen LogP contribution >= 0.6 is 11.6 Å². The highest BCUT2D eigenvalue weighted by atomic mass is 35.5. The molecule has 2 rings (SSSR count). The van der Waals surface area contributed by atoms with Gasteiger partial charge in [-0.1, -0.05) is 31.0 Å². The number of aliphatic hydroxyl groups is 1. The number of anilines is 1. The lowest BCUT2D eigenvalue weighted by atomic mass is 10.2. The lowest BCUT2D eigenvalue weighted by molar-refractivity contribution is 0.354. The topological polar surface area (TPSA) is 84.4 Å². The van der Waals surface area contributed by atoms with Gasteiger partial charge in [0.05, 0.1) is 22.5 Å². The highest BCUT2D eigenvalue weighted by Gasteiger charge is 2.10. The number of benzene rings is 1. The summed E-state index contributed by atoms with van der Waals surface area (Å²) in [7, 11) is 0. The van der Waals surface area contributed by atoms with Gasteiger partial charge in [0.1, 0.15) is 0 Å². The Balaban J connectivity index is 2.55. The molecule has 0 radical (unpaired) electrons. The van der Waals surface area contributed by atoms with Gasteiger partial charge in [0.25, 0.3) is 0 Å². The number of rotatable bonds is 5. The van der Waals surface area contributed by atoms with Gasteiger partial charge in [-0.3, -0.25) is 0 Å². The molecule has 0 fully saturated rings. The Morgan fingerprint density at radius 3 is 2.90 bits per heavy atom. The van der Waals surface area contributed by atoms with Crippen LogP contribution in [0.1, 0.15) is 26.2 Å². The van der Waals surface area contributed by atoms with Gasteiger partial charge in [0.2, 0.25) is 5.95 Å². The van der Waals surface area contributed by atoms with Crippen LogP contribution in [-0.2, 0) is 0 Å². The van der Waals surface area contributed by atoms with Gasteiger partial charge in [-0.25, -0.2) is 9.98 Å². The number of hydrogen-bond acceptors (Lipinski definition) is 5. The molecule has 0 atom stereocenters. The van der Waals surface area contributed by atoms with Gasteiger partial charge in [0, 0.05) is 5.71 Å². The minimum atomic E-state index is -0.101. The molecule has 106 valence electrons. The standard InChI is InChI=1S/C14H17ClN4O/c1-2-3-5-9(8-20)17-13-12-10(15)6-4-7-11(12)18-14(16)19-13/h4,6-7,20H,2-3,5,8H2,1H3,(H2,16,18,19)/b17-9+. The molecule has 0 aliphatic heterocycles. The molecule has 0 aliphatic rings. The number of nitrogens with two attached hydrogens (primary N) is 1. The first kappa shape index (κ1) is 14.7. The fraction of sp³-hybridized carbons (Fsp3) is 0.357. The van der Waals surface area contributed by atoms with E-state index in [2.05, 4.69) is 21.9 Å². The summed E-state index contributed by atoms with van der Waals surface area (Å²) in [5.74, 6) is 0.560. The Morgan fingerprint density at radius 2 is 2.20 bits per heavy atom. The van der Waals surface area contributed by atoms with Crippen molar-refractivity contribution in [2.45, 2.75) is 26.2 Å². The van der Waals surface area contributed by atoms with Crippen LogP contribution in [0.2, 0.25) is 5.02 Å². The second kappa shape index (κ2) is 6.63. The molecule has 3 N–H and O–H groups in total. The van der Waals surface area contributed by atoms with E-state index in [0.29, 0.717) is 27.5 Å². The number of nitrogen functional groups attached to an aromatic ring is 1. The molecular formula is C14H17ClN4O. The smallest absolute Gasteiger partial charge is 0.222 e. The molecule has 6 heteroatoms. The van der Waals surface area contributed by atoms with Crippen molar-refractivity contribution in [1.82, 2.24) is 9.97 Å². The van der Waals surface area contributed by atoms with E-state index in [-0.39, 0.29) is 12.6 Å². The largest absolute Gasteiger partial charge is 0.390 e. The first-order valence-corrected chi connectivity index (χ1v) is 6.92. The Bertz CT molecular complexity index is 642. The average Bonchev–Trinajstić information content (AvgIpc) is 2.42. The number of aliphatic hydroxyl groups excluding tert-OH is 1. The number of halogens is 1. The van der Waals surface area contributed by atoms with Crippen LogP contribution in [0.4, 0.5) is 11.8 Å². The highest BCUT2D eigenvalue weighted by molar-refractivity contribution is 6.36. The molecule has 20 heavy (non-hydrogen) atoms. The average molecular weight is 293 g/mol. The fourth-order valence-corrected chi connectivity index (χ4v) is 2.18. The van der Waals surface area contributed by atoms with Crippen LogP contribution < -0.4 is 5.73 Å². The van der Waals surface area contributed by atoms with E-state index in [1.54, 1.807) is 12.1 Å². The van der Waals surface area contributed by atoms with Crippen molar-refractivity contribution in [1.29, 1.82) is 0 Å². The van der Waals surface area contributed by atoms with Crippen LogP contribution in [0.25, 0.3) is 10.9 Å². The monoisotopic (exact) mass is 292 g/mol. The fourth-order valence-electron chi connectivity index (χ4n) is 1.92. The van der Waals surface area contributed by atoms with E-state index in [9.17, 15) is 5.11 Å². The summed E-state index contributed by atoms with van der Waals surface area (Å²) in [6.45, 7) is 1.99. The molecule has 0 amide bonds. The Morgan fingerprint density at radius 1 is 1.40 bits per heavy atom. The van der Waals surface area contributed by atoms with E-state index in [4.69, 9.17) is 17.3 Å². The third kappa shape index (κ3) is 3.23. The summed E-state index contributed by atoms with van der Waals surface area (Å²) in [4.78, 5) is 12.7. The minimum Gasteiger partial charge on any atom is -0.390 e. The van der Waals surface area contributed by atoms with Gasteiger partial charge < -0.3 is 10.8 Å². The van der Waals surface area contributed by atoms with Crippen molar-refractivity contribution in [3.63, 3.8) is 0 Å². The molecule has 0 saturated heterocycles. The van der Waals surface area contributed by atoms with Crippen molar-refractivity contribution in [3.8, 4) is 0 Å². The van der Waals surface area contributed by atoms with Crippen molar-refractivity contribution in [2.24, 2.45) is 4.99 Å². The molecule has 0 unspecified atom stereocenters. The van der Waals surface area contributed by atoms with Crippen molar-refractivity contribution >= 4 is 40.0 Å². The molecule has 1 aromatic carbocycles. The predicted octanol–water partition coefficient (Wildman–Crippen LogP) is 3.12. The Labute approximate surface area is 122 Å². The van der Waals surface area contributed by atoms with Crippen LogP contribution in [-0.4, -0.2) is 27.4 Å². The molecule has 1 heterocycles. The summed E-state index contributed by atoms with van der Waals surface area (Å²) >= 11 is 6.19. The van der Waals surface area contributed by atoms with Gasteiger partial charge >= 0.3 is 0 Å². The summed E-state index contributed by atoms with van der Waals surface area (Å²) in [6.07, 6.45) is 2.72. The minimum absolute atomic E-state index is 0.101. The van der Waals surface area contributed by atoms with Crippen LogP contribution in [0.15, 0.2) is 23.2 Å². The summed E-state index contributed by atoms with van der Waals surface area (Å²) in [5, 5.41) is 10.6. The quantitative estimate of drug-likeness (QED) is 0.829. The van der Waals surface area contributed by atoms with Crippen LogP contribution in [0, 0.1) is 0 Å². The SMILES string of the molecule is CCCC/C(CO)=N\c1nc(N)nc2cccc(Cl)c12. The normalized spacial score (nSPS) is 12.1. The number of fused-ring (bicyclic) bond motifs is 1. The second-order valence-electron chi connectivity index (χ2n) is 4.48. The summed E-state index contributed by atoms with van der Waals surface area (Å²) in [5.41, 5.74) is 7.02. The van der Waals surface area contributed by atoms with E-state index < -0.39 is 0 Å². The van der Waals surface area contributed by atoms with Gasteiger partial charge in [-0.15, -0.1) is 0 Å². The van der Waals surface area contributed by atoms with E-state index in [0.717, 1.165) is 19.3 Å². The van der Waals surface area contributed by atoms with Crippen molar-refractivity contribution in [3.05, 3.63) is 23.2 Å². The number of aromatic nitrogens is 2. The van der Waals surface area contributed by atoms with Gasteiger partial charge in [-0.2, -0.15) is 4.98 Å². The van der Waals surface area contributed by atoms with E-state index in [1.165, 1.54) is 0 Å². The van der Waals surface area contributed by atoms with Gasteiger partial charge in [-0.05, 0) is 25.0 Å². The number of aliphatic imine (C=N–C) groups is 1. The zero-order valence-corrected chi connectivity index (χ0v) is 12.1. The molecule has 0 saturated carbocycles. The molecule has 5 nitrogen and oxygen atoms in total. The third-order valence-electron chi connectivity index (χ3n) is 2.94. The number of hydrogen-bond donors (Lipinski definition) is 2. The summed E-state index contributed by atoms with van der Waals surface area (Å²) < 4.78 is 0. The lowest BCUT2D eigenvalue weighted by Gasteiger charge is -2.07. The highest BCUT2D eigenvalue weighted by Crippen LogP contribution is 2.30. The van der Waals surface area contributed by atoms with Crippen LogP contribution in [0.3, 0.4) is 0 Å². The van der Waals surface area contributed by atoms with E-state index in [1.807, 2.05) is 6.07 Å². The maximum absolute atomic E-state index is 9.39. The first-order chi connectivity index (χ1) is 9.65. The van der Waals surface area contributed by atoms with Crippen molar-refractivity contribution < 1.29 is 5.11 Å². The summed E-state index contributed by atoms with van der Waals surface area (Å²) in [6, 6.07) is 5.37. The predicted molar refractivity (Wildman–Crippen MR) is 82.7 cm³/mol. The number of nitrogens with zero attached hydrogens (tertiary/aromatic N) is 3. The maximum atomic E-state index is 9.39. The molecule has 2 aromatic rings. The van der Waals surface area contributed by atoms with Crippen molar-refractivity contribution in [2.75, 3.05) is 12.3 Å². The van der Waals surface area contributed by atoms with Crippen LogP contribution in [0.5, 0.6) is 0 Å². The zero-order chi connectivity index (χ0) is 14.5. The molecule has 0 spiro atoms. The Kier molecular flexibility index (Phi) is 4.87.